The molecule has 0 spiro atoms. The minimum Gasteiger partial charge on any atom is -0.489 e. The van der Waals surface area contributed by atoms with Crippen molar-refractivity contribution in [2.75, 3.05) is 5.32 Å². The van der Waals surface area contributed by atoms with Gasteiger partial charge in [0.2, 0.25) is 0 Å². The van der Waals surface area contributed by atoms with E-state index < -0.39 is 16.6 Å². The molecular weight excluding hydrogens is 498 g/mol. The van der Waals surface area contributed by atoms with E-state index in [4.69, 9.17) is 27.9 Å². The number of nitrogens with zero attached hydrogens (tertiary/aromatic N) is 3. The van der Waals surface area contributed by atoms with Gasteiger partial charge in [0.05, 0.1) is 11.5 Å². The summed E-state index contributed by atoms with van der Waals surface area (Å²) < 4.78 is 21.1. The monoisotopic (exact) mass is 514 g/mol. The Balaban J connectivity index is 1.41. The zero-order valence-corrected chi connectivity index (χ0v) is 19.5. The van der Waals surface area contributed by atoms with Gasteiger partial charge in [0, 0.05) is 34.5 Å². The van der Waals surface area contributed by atoms with Crippen LogP contribution < -0.4 is 10.1 Å². The molecule has 4 rings (SSSR count). The highest BCUT2D eigenvalue weighted by molar-refractivity contribution is 6.33. The molecule has 0 fully saturated rings. The number of halogens is 3. The molecule has 1 N–H and O–H groups in total. The fourth-order valence-electron chi connectivity index (χ4n) is 3.22. The van der Waals surface area contributed by atoms with Crippen molar-refractivity contribution >= 4 is 40.6 Å². The topological polar surface area (TPSA) is 99.3 Å². The molecule has 0 atom stereocenters. The first-order chi connectivity index (χ1) is 16.8. The lowest BCUT2D eigenvalue weighted by Crippen LogP contribution is -2.14. The zero-order valence-electron chi connectivity index (χ0n) is 18.0. The summed E-state index contributed by atoms with van der Waals surface area (Å²) >= 11 is 12.3. The summed E-state index contributed by atoms with van der Waals surface area (Å²) in [5.41, 5.74) is 1.28. The van der Waals surface area contributed by atoms with Gasteiger partial charge in [0.1, 0.15) is 23.2 Å². The Bertz CT molecular complexity index is 1370. The van der Waals surface area contributed by atoms with Crippen molar-refractivity contribution in [1.82, 2.24) is 9.78 Å². The smallest absolute Gasteiger partial charge is 0.269 e. The molecule has 11 heteroatoms. The number of carbonyl (C=O) groups excluding carboxylic acids is 1. The fourth-order valence-corrected chi connectivity index (χ4v) is 3.64. The average Bonchev–Trinajstić information content (AvgIpc) is 3.19. The van der Waals surface area contributed by atoms with Gasteiger partial charge >= 0.3 is 0 Å². The van der Waals surface area contributed by atoms with Crippen molar-refractivity contribution < 1.29 is 18.8 Å². The molecule has 0 saturated heterocycles. The lowest BCUT2D eigenvalue weighted by atomic mass is 10.1. The minimum atomic E-state index is -0.490. The summed E-state index contributed by atoms with van der Waals surface area (Å²) in [5.74, 6) is -0.338. The summed E-state index contributed by atoms with van der Waals surface area (Å²) in [7, 11) is 0. The Morgan fingerprint density at radius 3 is 2.54 bits per heavy atom. The lowest BCUT2D eigenvalue weighted by molar-refractivity contribution is -0.384. The van der Waals surface area contributed by atoms with E-state index in [1.807, 2.05) is 0 Å². The van der Waals surface area contributed by atoms with Crippen LogP contribution in [0.1, 0.15) is 21.5 Å². The molecule has 178 valence electrons. The third-order valence-electron chi connectivity index (χ3n) is 4.97. The molecule has 3 aromatic carbocycles. The van der Waals surface area contributed by atoms with Gasteiger partial charge < -0.3 is 10.1 Å². The maximum Gasteiger partial charge on any atom is 0.269 e. The number of amides is 1. The Kier molecular flexibility index (Phi) is 7.28. The van der Waals surface area contributed by atoms with Crippen LogP contribution in [0.4, 0.5) is 15.9 Å². The van der Waals surface area contributed by atoms with E-state index in [0.29, 0.717) is 16.9 Å². The van der Waals surface area contributed by atoms with Gasteiger partial charge in [-0.1, -0.05) is 41.4 Å². The van der Waals surface area contributed by atoms with E-state index in [2.05, 4.69) is 10.4 Å². The van der Waals surface area contributed by atoms with Gasteiger partial charge in [-0.15, -0.1) is 0 Å². The number of rotatable bonds is 8. The Labute approximate surface area is 209 Å². The molecule has 0 unspecified atom stereocenters. The van der Waals surface area contributed by atoms with Crippen molar-refractivity contribution in [1.29, 1.82) is 0 Å². The third-order valence-corrected chi connectivity index (χ3v) is 5.60. The van der Waals surface area contributed by atoms with E-state index >= 15 is 0 Å². The average molecular weight is 515 g/mol. The normalized spacial score (nSPS) is 10.7. The maximum atomic E-state index is 14.1. The number of nitro groups is 1. The van der Waals surface area contributed by atoms with Crippen LogP contribution in [0.2, 0.25) is 10.0 Å². The first-order valence-corrected chi connectivity index (χ1v) is 11.0. The lowest BCUT2D eigenvalue weighted by Gasteiger charge is -2.08. The molecule has 0 bridgehead atoms. The summed E-state index contributed by atoms with van der Waals surface area (Å²) in [6.45, 7) is 0.189. The summed E-state index contributed by atoms with van der Waals surface area (Å²) in [4.78, 5) is 23.0. The second-order valence-corrected chi connectivity index (χ2v) is 8.23. The van der Waals surface area contributed by atoms with Crippen molar-refractivity contribution in [2.45, 2.75) is 13.2 Å². The molecule has 1 heterocycles. The number of carbonyl (C=O) groups is 1. The molecule has 0 radical (unpaired) electrons. The van der Waals surface area contributed by atoms with E-state index in [1.165, 1.54) is 47.3 Å². The van der Waals surface area contributed by atoms with Crippen LogP contribution in [-0.2, 0) is 13.2 Å². The Morgan fingerprint density at radius 2 is 1.83 bits per heavy atom. The quantitative estimate of drug-likeness (QED) is 0.225. The molecule has 0 aliphatic carbocycles. The Hall–Kier alpha value is -3.95. The molecule has 4 aromatic rings. The van der Waals surface area contributed by atoms with Crippen LogP contribution in [0.3, 0.4) is 0 Å². The summed E-state index contributed by atoms with van der Waals surface area (Å²) in [5, 5.41) is 18.1. The number of aromatic nitrogens is 2. The van der Waals surface area contributed by atoms with E-state index in [0.717, 1.165) is 0 Å². The second-order valence-electron chi connectivity index (χ2n) is 7.42. The van der Waals surface area contributed by atoms with Crippen molar-refractivity contribution in [2.24, 2.45) is 0 Å². The van der Waals surface area contributed by atoms with E-state index in [-0.39, 0.29) is 40.3 Å². The van der Waals surface area contributed by atoms with E-state index in [9.17, 15) is 19.3 Å². The SMILES string of the molecule is O=C(Nc1nn(Cc2c(F)cccc2Cl)cc1Cl)c1cccc(COc2ccc([N+](=O)[O-])cc2)c1. The Morgan fingerprint density at radius 1 is 1.09 bits per heavy atom. The summed E-state index contributed by atoms with van der Waals surface area (Å²) in [6.07, 6.45) is 1.47. The molecule has 0 aliphatic heterocycles. The first kappa shape index (κ1) is 24.2. The van der Waals surface area contributed by atoms with Crippen LogP contribution in [0.5, 0.6) is 5.75 Å². The number of non-ortho nitro benzene ring substituents is 1. The molecule has 8 nitrogen and oxygen atoms in total. The minimum absolute atomic E-state index is 0.0332. The van der Waals surface area contributed by atoms with Crippen LogP contribution in [0.15, 0.2) is 72.9 Å². The molecular formula is C24H17Cl2FN4O4. The predicted octanol–water partition coefficient (Wildman–Crippen LogP) is 6.12. The number of anilines is 1. The van der Waals surface area contributed by atoms with Gasteiger partial charge in [-0.05, 0) is 42.0 Å². The van der Waals surface area contributed by atoms with Crippen LogP contribution in [0.25, 0.3) is 0 Å². The molecule has 0 saturated carbocycles. The molecule has 0 aliphatic rings. The fraction of sp³-hybridized carbons (Fsp3) is 0.0833. The van der Waals surface area contributed by atoms with Crippen molar-refractivity contribution in [3.05, 3.63) is 116 Å². The third kappa shape index (κ3) is 5.95. The number of benzene rings is 3. The van der Waals surface area contributed by atoms with Crippen LogP contribution in [0, 0.1) is 15.9 Å². The van der Waals surface area contributed by atoms with Crippen LogP contribution >= 0.6 is 23.2 Å². The van der Waals surface area contributed by atoms with Gasteiger partial charge in [-0.2, -0.15) is 5.10 Å². The first-order valence-electron chi connectivity index (χ1n) is 10.2. The van der Waals surface area contributed by atoms with E-state index in [1.54, 1.807) is 30.3 Å². The highest BCUT2D eigenvalue weighted by atomic mass is 35.5. The van der Waals surface area contributed by atoms with Crippen molar-refractivity contribution in [3.8, 4) is 5.75 Å². The highest BCUT2D eigenvalue weighted by Gasteiger charge is 2.15. The summed E-state index contributed by atoms with van der Waals surface area (Å²) in [6, 6.07) is 16.8. The largest absolute Gasteiger partial charge is 0.489 e. The molecule has 1 amide bonds. The number of nitro benzene ring substituents is 1. The number of hydrogen-bond acceptors (Lipinski definition) is 5. The van der Waals surface area contributed by atoms with Crippen molar-refractivity contribution in [3.63, 3.8) is 0 Å². The highest BCUT2D eigenvalue weighted by Crippen LogP contribution is 2.24. The van der Waals surface area contributed by atoms with Crippen LogP contribution in [-0.4, -0.2) is 20.6 Å². The van der Waals surface area contributed by atoms with Gasteiger partial charge in [0.25, 0.3) is 11.6 Å². The van der Waals surface area contributed by atoms with Gasteiger partial charge in [0.15, 0.2) is 5.82 Å². The standard InChI is InChI=1S/C24H17Cl2FN4O4/c25-20-5-2-6-22(27)19(20)12-30-13-21(26)23(29-30)28-24(32)16-4-1-3-15(11-16)14-35-18-9-7-17(8-10-18)31(33)34/h1-11,13H,12,14H2,(H,28,29,32). The number of hydrogen-bond donors (Lipinski definition) is 1. The molecule has 1 aromatic heterocycles. The van der Waals surface area contributed by atoms with Gasteiger partial charge in [-0.25, -0.2) is 4.39 Å². The maximum absolute atomic E-state index is 14.1. The number of ether oxygens (including phenoxy) is 1. The predicted molar refractivity (Wildman–Crippen MR) is 130 cm³/mol. The molecule has 35 heavy (non-hydrogen) atoms. The zero-order chi connectivity index (χ0) is 24.9. The van der Waals surface area contributed by atoms with Gasteiger partial charge in [-0.3, -0.25) is 19.6 Å². The second kappa shape index (κ2) is 10.5. The number of nitrogens with one attached hydrogen (secondary N) is 1.